The molecule has 3 rings (SSSR count). The van der Waals surface area contributed by atoms with Crippen molar-refractivity contribution in [2.75, 3.05) is 13.7 Å². The average Bonchev–Trinajstić information content (AvgIpc) is 2.96. The number of methoxy groups -OCH3 is 1. The summed E-state index contributed by atoms with van der Waals surface area (Å²) in [6.45, 7) is 0.837. The number of rotatable bonds is 7. The Kier molecular flexibility index (Phi) is 5.51. The first-order valence-electron chi connectivity index (χ1n) is 7.94. The first-order valence-corrected chi connectivity index (χ1v) is 8.31. The zero-order valence-electron chi connectivity index (χ0n) is 13.7. The molecule has 1 aliphatic carbocycles. The fraction of sp³-hybridized carbons (Fsp3) is 0.500. The highest BCUT2D eigenvalue weighted by Gasteiger charge is 2.32. The second-order valence-corrected chi connectivity index (χ2v) is 6.42. The van der Waals surface area contributed by atoms with Crippen LogP contribution in [-0.4, -0.2) is 34.5 Å². The lowest BCUT2D eigenvalue weighted by atomic mass is 9.80. The molecule has 1 heterocycles. The maximum Gasteiger partial charge on any atom is 0.192 e. The van der Waals surface area contributed by atoms with Crippen molar-refractivity contribution in [3.05, 3.63) is 40.4 Å². The second kappa shape index (κ2) is 7.63. The standard InChI is InChI=1S/C16H19ClF2N4O2/c1-24-5-4-23-13(21-22-16(23)9-6-10(20)7-9)8-25-15-12(18)3-2-11(17)14(15)19/h2-3,9-10H,4-8,20H2,1H3. The average molecular weight is 373 g/mol. The van der Waals surface area contributed by atoms with E-state index in [-0.39, 0.29) is 23.6 Å². The molecule has 136 valence electrons. The summed E-state index contributed by atoms with van der Waals surface area (Å²) in [5.74, 6) is -0.797. The van der Waals surface area contributed by atoms with Crippen LogP contribution in [0.3, 0.4) is 0 Å². The highest BCUT2D eigenvalue weighted by atomic mass is 35.5. The summed E-state index contributed by atoms with van der Waals surface area (Å²) < 4.78 is 40.0. The van der Waals surface area contributed by atoms with Gasteiger partial charge in [0.1, 0.15) is 12.4 Å². The van der Waals surface area contributed by atoms with Gasteiger partial charge in [0.05, 0.1) is 11.6 Å². The van der Waals surface area contributed by atoms with Gasteiger partial charge in [-0.3, -0.25) is 0 Å². The minimum absolute atomic E-state index is 0.135. The van der Waals surface area contributed by atoms with Crippen molar-refractivity contribution in [2.24, 2.45) is 5.73 Å². The van der Waals surface area contributed by atoms with Crippen LogP contribution in [0.4, 0.5) is 8.78 Å². The van der Waals surface area contributed by atoms with E-state index in [4.69, 9.17) is 26.8 Å². The largest absolute Gasteiger partial charge is 0.479 e. The number of hydrogen-bond acceptors (Lipinski definition) is 5. The van der Waals surface area contributed by atoms with Crippen LogP contribution < -0.4 is 10.5 Å². The molecule has 0 bridgehead atoms. The number of hydrogen-bond donors (Lipinski definition) is 1. The van der Waals surface area contributed by atoms with E-state index in [9.17, 15) is 8.78 Å². The summed E-state index contributed by atoms with van der Waals surface area (Å²) in [6, 6.07) is 2.36. The van der Waals surface area contributed by atoms with Crippen molar-refractivity contribution in [1.82, 2.24) is 14.8 Å². The van der Waals surface area contributed by atoms with Gasteiger partial charge in [-0.2, -0.15) is 0 Å². The molecule has 0 spiro atoms. The molecule has 0 unspecified atom stereocenters. The third kappa shape index (κ3) is 3.75. The van der Waals surface area contributed by atoms with E-state index >= 15 is 0 Å². The molecule has 2 N–H and O–H groups in total. The molecule has 1 fully saturated rings. The molecule has 2 aromatic rings. The van der Waals surface area contributed by atoms with Gasteiger partial charge in [0.25, 0.3) is 0 Å². The molecule has 0 amide bonds. The Morgan fingerprint density at radius 2 is 2.08 bits per heavy atom. The van der Waals surface area contributed by atoms with E-state index in [1.165, 1.54) is 0 Å². The fourth-order valence-electron chi connectivity index (χ4n) is 2.83. The maximum absolute atomic E-state index is 13.9. The molecule has 1 aliphatic rings. The van der Waals surface area contributed by atoms with Gasteiger partial charge in [0.15, 0.2) is 23.2 Å². The Balaban J connectivity index is 1.79. The number of ether oxygens (including phenoxy) is 2. The Bertz CT molecular complexity index is 750. The van der Waals surface area contributed by atoms with Crippen LogP contribution in [0.1, 0.15) is 30.4 Å². The maximum atomic E-state index is 13.9. The van der Waals surface area contributed by atoms with Crippen LogP contribution in [-0.2, 0) is 17.9 Å². The van der Waals surface area contributed by atoms with Gasteiger partial charge in [0.2, 0.25) is 0 Å². The first-order chi connectivity index (χ1) is 12.0. The van der Waals surface area contributed by atoms with E-state index in [1.54, 1.807) is 7.11 Å². The van der Waals surface area contributed by atoms with Crippen LogP contribution >= 0.6 is 11.6 Å². The molecule has 1 aromatic heterocycles. The zero-order chi connectivity index (χ0) is 18.0. The molecule has 9 heteroatoms. The molecule has 0 aliphatic heterocycles. The summed E-state index contributed by atoms with van der Waals surface area (Å²) in [7, 11) is 1.59. The van der Waals surface area contributed by atoms with E-state index in [1.807, 2.05) is 4.57 Å². The summed E-state index contributed by atoms with van der Waals surface area (Å²) >= 11 is 5.67. The zero-order valence-corrected chi connectivity index (χ0v) is 14.5. The topological polar surface area (TPSA) is 75.2 Å². The van der Waals surface area contributed by atoms with E-state index in [2.05, 4.69) is 10.2 Å². The molecule has 0 atom stereocenters. The Hall–Kier alpha value is -1.77. The molecular weight excluding hydrogens is 354 g/mol. The minimum Gasteiger partial charge on any atom is -0.479 e. The Morgan fingerprint density at radius 1 is 1.32 bits per heavy atom. The van der Waals surface area contributed by atoms with Crippen LogP contribution in [0.25, 0.3) is 0 Å². The lowest BCUT2D eigenvalue weighted by Gasteiger charge is -2.31. The van der Waals surface area contributed by atoms with E-state index < -0.39 is 17.4 Å². The highest BCUT2D eigenvalue weighted by molar-refractivity contribution is 6.30. The van der Waals surface area contributed by atoms with Crippen molar-refractivity contribution in [2.45, 2.75) is 38.0 Å². The van der Waals surface area contributed by atoms with Gasteiger partial charge < -0.3 is 19.8 Å². The van der Waals surface area contributed by atoms with Crippen LogP contribution in [0, 0.1) is 11.6 Å². The molecular formula is C16H19ClF2N4O2. The van der Waals surface area contributed by atoms with Gasteiger partial charge in [-0.1, -0.05) is 11.6 Å². The lowest BCUT2D eigenvalue weighted by molar-refractivity contribution is 0.180. The normalized spacial score (nSPS) is 19.7. The molecule has 0 saturated heterocycles. The smallest absolute Gasteiger partial charge is 0.192 e. The van der Waals surface area contributed by atoms with Gasteiger partial charge in [-0.25, -0.2) is 8.78 Å². The highest BCUT2D eigenvalue weighted by Crippen LogP contribution is 2.35. The van der Waals surface area contributed by atoms with E-state index in [0.29, 0.717) is 19.0 Å². The van der Waals surface area contributed by atoms with Crippen molar-refractivity contribution in [3.63, 3.8) is 0 Å². The first kappa shape index (κ1) is 18.0. The summed E-state index contributed by atoms with van der Waals surface area (Å²) in [6.07, 6.45) is 1.67. The summed E-state index contributed by atoms with van der Waals surface area (Å²) in [5.41, 5.74) is 5.84. The van der Waals surface area contributed by atoms with Crippen LogP contribution in [0.2, 0.25) is 5.02 Å². The quantitative estimate of drug-likeness (QED) is 0.756. The predicted molar refractivity (Wildman–Crippen MR) is 87.5 cm³/mol. The molecule has 1 saturated carbocycles. The SMILES string of the molecule is COCCn1c(COc2c(F)ccc(Cl)c2F)nnc1C1CC(N)C1. The number of nitrogens with two attached hydrogens (primary N) is 1. The van der Waals surface area contributed by atoms with Crippen molar-refractivity contribution < 1.29 is 18.3 Å². The molecule has 1 aromatic carbocycles. The number of aromatic nitrogens is 3. The summed E-state index contributed by atoms with van der Waals surface area (Å²) in [5, 5.41) is 8.11. The third-order valence-electron chi connectivity index (χ3n) is 4.26. The van der Waals surface area contributed by atoms with Crippen molar-refractivity contribution in [1.29, 1.82) is 0 Å². The van der Waals surface area contributed by atoms with Crippen molar-refractivity contribution >= 4 is 11.6 Å². The number of nitrogens with zero attached hydrogens (tertiary/aromatic N) is 3. The predicted octanol–water partition coefficient (Wildman–Crippen LogP) is 2.64. The molecule has 0 radical (unpaired) electrons. The lowest BCUT2D eigenvalue weighted by Crippen LogP contribution is -2.36. The Morgan fingerprint density at radius 3 is 2.76 bits per heavy atom. The van der Waals surface area contributed by atoms with Gasteiger partial charge in [0, 0.05) is 25.6 Å². The minimum atomic E-state index is -0.935. The van der Waals surface area contributed by atoms with Gasteiger partial charge in [-0.05, 0) is 25.0 Å². The van der Waals surface area contributed by atoms with Gasteiger partial charge in [-0.15, -0.1) is 10.2 Å². The Labute approximate surface area is 148 Å². The van der Waals surface area contributed by atoms with Crippen LogP contribution in [0.5, 0.6) is 5.75 Å². The van der Waals surface area contributed by atoms with E-state index in [0.717, 1.165) is 30.8 Å². The molecule has 6 nitrogen and oxygen atoms in total. The molecule has 25 heavy (non-hydrogen) atoms. The van der Waals surface area contributed by atoms with Crippen LogP contribution in [0.15, 0.2) is 12.1 Å². The number of benzene rings is 1. The third-order valence-corrected chi connectivity index (χ3v) is 4.55. The monoisotopic (exact) mass is 372 g/mol. The second-order valence-electron chi connectivity index (χ2n) is 6.01. The summed E-state index contributed by atoms with van der Waals surface area (Å²) in [4.78, 5) is 0. The fourth-order valence-corrected chi connectivity index (χ4v) is 2.98. The van der Waals surface area contributed by atoms with Crippen molar-refractivity contribution in [3.8, 4) is 5.75 Å². The van der Waals surface area contributed by atoms with Gasteiger partial charge >= 0.3 is 0 Å². The number of halogens is 3.